The summed E-state index contributed by atoms with van der Waals surface area (Å²) >= 11 is 0. The van der Waals surface area contributed by atoms with Crippen molar-refractivity contribution in [1.82, 2.24) is 20.1 Å². The van der Waals surface area contributed by atoms with Gasteiger partial charge in [0.05, 0.1) is 18.6 Å². The first-order valence-corrected chi connectivity index (χ1v) is 8.07. The van der Waals surface area contributed by atoms with Crippen LogP contribution in [0.4, 0.5) is 5.69 Å². The second-order valence-electron chi connectivity index (χ2n) is 5.74. The molecule has 3 aromatic rings. The second kappa shape index (κ2) is 8.09. The van der Waals surface area contributed by atoms with E-state index in [0.717, 1.165) is 11.1 Å². The Bertz CT molecular complexity index is 956. The van der Waals surface area contributed by atoms with Crippen LogP contribution in [-0.4, -0.2) is 32.7 Å². The van der Waals surface area contributed by atoms with Crippen LogP contribution in [0.5, 0.6) is 5.75 Å². The number of hydrogen-bond donors (Lipinski definition) is 1. The Hall–Kier alpha value is -3.75. The number of nitrogens with zero attached hydrogens (tertiary/aromatic N) is 4. The average molecular weight is 367 g/mol. The molecule has 1 amide bonds. The van der Waals surface area contributed by atoms with Crippen LogP contribution in [0.3, 0.4) is 0 Å². The van der Waals surface area contributed by atoms with Crippen LogP contribution in [0, 0.1) is 10.1 Å². The second-order valence-corrected chi connectivity index (χ2v) is 5.74. The molecule has 3 rings (SSSR count). The molecule has 27 heavy (non-hydrogen) atoms. The standard InChI is InChI=1S/C18H17N5O4/c1-27-17-6-5-15(8-16(17)23(25)26)18(24)20-9-13-3-2-4-14(7-13)10-22-12-19-11-21-22/h2-8,11-12H,9-10H2,1H3,(H,20,24). The number of hydrogen-bond acceptors (Lipinski definition) is 6. The molecule has 1 heterocycles. The Morgan fingerprint density at radius 2 is 2.07 bits per heavy atom. The molecule has 0 aliphatic heterocycles. The maximum absolute atomic E-state index is 12.3. The highest BCUT2D eigenvalue weighted by molar-refractivity contribution is 5.95. The van der Waals surface area contributed by atoms with Gasteiger partial charge in [0, 0.05) is 18.2 Å². The first-order chi connectivity index (χ1) is 13.1. The number of methoxy groups -OCH3 is 1. The van der Waals surface area contributed by atoms with Crippen molar-refractivity contribution in [3.05, 3.63) is 81.9 Å². The molecule has 9 nitrogen and oxygen atoms in total. The predicted molar refractivity (Wildman–Crippen MR) is 96.4 cm³/mol. The molecule has 0 saturated heterocycles. The molecule has 1 N–H and O–H groups in total. The van der Waals surface area contributed by atoms with E-state index in [0.29, 0.717) is 13.1 Å². The molecular formula is C18H17N5O4. The van der Waals surface area contributed by atoms with E-state index in [-0.39, 0.29) is 17.0 Å². The van der Waals surface area contributed by atoms with Crippen molar-refractivity contribution in [2.45, 2.75) is 13.1 Å². The van der Waals surface area contributed by atoms with Crippen LogP contribution in [0.2, 0.25) is 0 Å². The fourth-order valence-electron chi connectivity index (χ4n) is 2.60. The van der Waals surface area contributed by atoms with Gasteiger partial charge in [0.2, 0.25) is 0 Å². The molecule has 0 aliphatic rings. The fourth-order valence-corrected chi connectivity index (χ4v) is 2.60. The fraction of sp³-hybridized carbons (Fsp3) is 0.167. The topological polar surface area (TPSA) is 112 Å². The molecule has 0 fully saturated rings. The van der Waals surface area contributed by atoms with E-state index in [1.165, 1.54) is 31.6 Å². The SMILES string of the molecule is COc1ccc(C(=O)NCc2cccc(Cn3cncn3)c2)cc1[N+](=O)[O-]. The van der Waals surface area contributed by atoms with Crippen molar-refractivity contribution in [3.8, 4) is 5.75 Å². The maximum atomic E-state index is 12.3. The van der Waals surface area contributed by atoms with Gasteiger partial charge in [-0.3, -0.25) is 14.9 Å². The monoisotopic (exact) mass is 367 g/mol. The number of nitro benzene ring substituents is 1. The predicted octanol–water partition coefficient (Wildman–Crippen LogP) is 2.17. The molecule has 138 valence electrons. The highest BCUT2D eigenvalue weighted by Gasteiger charge is 2.18. The van der Waals surface area contributed by atoms with E-state index in [2.05, 4.69) is 15.4 Å². The zero-order valence-electron chi connectivity index (χ0n) is 14.5. The van der Waals surface area contributed by atoms with E-state index in [1.807, 2.05) is 24.3 Å². The normalized spacial score (nSPS) is 10.4. The summed E-state index contributed by atoms with van der Waals surface area (Å²) in [6.45, 7) is 0.871. The van der Waals surface area contributed by atoms with Gasteiger partial charge >= 0.3 is 5.69 Å². The third-order valence-corrected chi connectivity index (χ3v) is 3.89. The van der Waals surface area contributed by atoms with E-state index in [9.17, 15) is 14.9 Å². The molecule has 0 atom stereocenters. The molecular weight excluding hydrogens is 350 g/mol. The van der Waals surface area contributed by atoms with Gasteiger partial charge in [-0.1, -0.05) is 24.3 Å². The van der Waals surface area contributed by atoms with Gasteiger partial charge in [0.1, 0.15) is 12.7 Å². The highest BCUT2D eigenvalue weighted by Crippen LogP contribution is 2.27. The van der Waals surface area contributed by atoms with Gasteiger partial charge in [0.15, 0.2) is 5.75 Å². The number of amides is 1. The number of aromatic nitrogens is 3. The van der Waals surface area contributed by atoms with Gasteiger partial charge in [-0.05, 0) is 23.3 Å². The van der Waals surface area contributed by atoms with E-state index >= 15 is 0 Å². The van der Waals surface area contributed by atoms with Crippen LogP contribution >= 0.6 is 0 Å². The zero-order valence-corrected chi connectivity index (χ0v) is 14.5. The van der Waals surface area contributed by atoms with E-state index < -0.39 is 10.8 Å². The van der Waals surface area contributed by atoms with Crippen molar-refractivity contribution >= 4 is 11.6 Å². The molecule has 0 aliphatic carbocycles. The summed E-state index contributed by atoms with van der Waals surface area (Å²) in [5.74, 6) is -0.292. The number of carbonyl (C=O) groups excluding carboxylic acids is 1. The smallest absolute Gasteiger partial charge is 0.311 e. The van der Waals surface area contributed by atoms with Gasteiger partial charge in [-0.25, -0.2) is 9.67 Å². The minimum Gasteiger partial charge on any atom is -0.490 e. The largest absolute Gasteiger partial charge is 0.490 e. The maximum Gasteiger partial charge on any atom is 0.311 e. The number of benzene rings is 2. The average Bonchev–Trinajstić information content (AvgIpc) is 3.18. The summed E-state index contributed by atoms with van der Waals surface area (Å²) in [5, 5.41) is 17.9. The Morgan fingerprint density at radius 3 is 2.78 bits per heavy atom. The molecule has 0 radical (unpaired) electrons. The summed E-state index contributed by atoms with van der Waals surface area (Å²) < 4.78 is 6.64. The Morgan fingerprint density at radius 1 is 1.26 bits per heavy atom. The van der Waals surface area contributed by atoms with Crippen LogP contribution in [0.15, 0.2) is 55.1 Å². The van der Waals surface area contributed by atoms with Gasteiger partial charge in [-0.15, -0.1) is 0 Å². The molecule has 0 saturated carbocycles. The van der Waals surface area contributed by atoms with Crippen LogP contribution in [0.1, 0.15) is 21.5 Å². The lowest BCUT2D eigenvalue weighted by Crippen LogP contribution is -2.23. The van der Waals surface area contributed by atoms with Crippen molar-refractivity contribution < 1.29 is 14.5 Å². The van der Waals surface area contributed by atoms with Crippen LogP contribution in [-0.2, 0) is 13.1 Å². The molecule has 0 unspecified atom stereocenters. The van der Waals surface area contributed by atoms with Crippen molar-refractivity contribution in [2.75, 3.05) is 7.11 Å². The third kappa shape index (κ3) is 4.46. The summed E-state index contributed by atoms with van der Waals surface area (Å²) in [4.78, 5) is 26.7. The van der Waals surface area contributed by atoms with Crippen molar-refractivity contribution in [1.29, 1.82) is 0 Å². The van der Waals surface area contributed by atoms with Gasteiger partial charge in [0.25, 0.3) is 5.91 Å². The number of nitro groups is 1. The Balaban J connectivity index is 1.67. The van der Waals surface area contributed by atoms with Crippen LogP contribution < -0.4 is 10.1 Å². The summed E-state index contributed by atoms with van der Waals surface area (Å²) in [6, 6.07) is 11.8. The lowest BCUT2D eigenvalue weighted by atomic mass is 10.1. The number of rotatable bonds is 7. The minimum absolute atomic E-state index is 0.109. The minimum atomic E-state index is -0.580. The first-order valence-electron chi connectivity index (χ1n) is 8.07. The number of carbonyl (C=O) groups is 1. The van der Waals surface area contributed by atoms with Gasteiger partial charge < -0.3 is 10.1 Å². The van der Waals surface area contributed by atoms with E-state index in [4.69, 9.17) is 4.74 Å². The number of nitrogens with one attached hydrogen (secondary N) is 1. The third-order valence-electron chi connectivity index (χ3n) is 3.89. The highest BCUT2D eigenvalue weighted by atomic mass is 16.6. The first kappa shape index (κ1) is 18.1. The summed E-state index contributed by atoms with van der Waals surface area (Å²) in [5.41, 5.74) is 1.87. The van der Waals surface area contributed by atoms with Crippen molar-refractivity contribution in [3.63, 3.8) is 0 Å². The Labute approximate surface area is 154 Å². The molecule has 0 spiro atoms. The molecule has 1 aromatic heterocycles. The molecule has 2 aromatic carbocycles. The summed E-state index contributed by atoms with van der Waals surface area (Å²) in [7, 11) is 1.34. The lowest BCUT2D eigenvalue weighted by Gasteiger charge is -2.08. The van der Waals surface area contributed by atoms with Gasteiger partial charge in [-0.2, -0.15) is 5.10 Å². The quantitative estimate of drug-likeness (QED) is 0.506. The molecule has 0 bridgehead atoms. The lowest BCUT2D eigenvalue weighted by molar-refractivity contribution is -0.385. The van der Waals surface area contributed by atoms with E-state index in [1.54, 1.807) is 11.0 Å². The Kier molecular flexibility index (Phi) is 5.41. The molecule has 9 heteroatoms. The van der Waals surface area contributed by atoms with Crippen molar-refractivity contribution in [2.24, 2.45) is 0 Å². The summed E-state index contributed by atoms with van der Waals surface area (Å²) in [6.07, 6.45) is 3.10. The van der Waals surface area contributed by atoms with Crippen LogP contribution in [0.25, 0.3) is 0 Å². The number of ether oxygens (including phenoxy) is 1. The zero-order chi connectivity index (χ0) is 19.2.